The van der Waals surface area contributed by atoms with E-state index in [1.807, 2.05) is 27.7 Å². The van der Waals surface area contributed by atoms with Crippen molar-refractivity contribution in [1.29, 1.82) is 0 Å². The van der Waals surface area contributed by atoms with Crippen LogP contribution in [0.15, 0.2) is 0 Å². The molecule has 0 aliphatic carbocycles. The molecule has 0 bridgehead atoms. The summed E-state index contributed by atoms with van der Waals surface area (Å²) in [6.45, 7) is 8.32. The molecule has 7 nitrogen and oxygen atoms in total. The van der Waals surface area contributed by atoms with Gasteiger partial charge in [0.05, 0.1) is 13.0 Å². The van der Waals surface area contributed by atoms with Gasteiger partial charge in [0.25, 0.3) is 10.1 Å². The Morgan fingerprint density at radius 2 is 1.61 bits per heavy atom. The van der Waals surface area contributed by atoms with Crippen LogP contribution in [-0.2, 0) is 29.2 Å². The average molecular weight is 484 g/mol. The minimum absolute atomic E-state index is 0.00277. The maximum absolute atomic E-state index is 13.6. The number of esters is 2. The summed E-state index contributed by atoms with van der Waals surface area (Å²) in [6, 6.07) is 0. The second-order valence-corrected chi connectivity index (χ2v) is 10.1. The third kappa shape index (κ3) is 9.67. The van der Waals surface area contributed by atoms with Crippen LogP contribution in [0.3, 0.4) is 0 Å². The van der Waals surface area contributed by atoms with Gasteiger partial charge in [-0.15, -0.1) is 0 Å². The van der Waals surface area contributed by atoms with Gasteiger partial charge in [-0.3, -0.25) is 14.1 Å². The molecule has 0 aliphatic heterocycles. The highest BCUT2D eigenvalue weighted by atomic mass is 32.2. The highest BCUT2D eigenvalue weighted by Gasteiger charge is 2.63. The molecule has 0 fully saturated rings. The molecule has 0 saturated carbocycles. The first-order valence-corrected chi connectivity index (χ1v) is 11.0. The summed E-state index contributed by atoms with van der Waals surface area (Å²) in [5.41, 5.74) is 0.00277. The molecule has 31 heavy (non-hydrogen) atoms. The predicted molar refractivity (Wildman–Crippen MR) is 99.9 cm³/mol. The fourth-order valence-electron chi connectivity index (χ4n) is 2.70. The molecule has 0 heterocycles. The molecule has 0 spiro atoms. The average Bonchev–Trinajstić information content (AvgIpc) is 2.56. The molecule has 184 valence electrons. The van der Waals surface area contributed by atoms with Crippen LogP contribution in [0, 0.1) is 11.3 Å². The normalized spacial score (nSPS) is 16.4. The number of rotatable bonds is 12. The van der Waals surface area contributed by atoms with Crippen LogP contribution in [0.2, 0.25) is 0 Å². The van der Waals surface area contributed by atoms with Crippen LogP contribution < -0.4 is 0 Å². The number of halogens is 5. The van der Waals surface area contributed by atoms with E-state index in [1.54, 1.807) is 0 Å². The molecule has 0 aromatic carbocycles. The molecule has 3 atom stereocenters. The first-order valence-electron chi connectivity index (χ1n) is 9.46. The third-order valence-corrected chi connectivity index (χ3v) is 5.32. The fourth-order valence-corrected chi connectivity index (χ4v) is 3.34. The number of hydrogen-bond donors (Lipinski definition) is 1. The zero-order valence-electron chi connectivity index (χ0n) is 18.0. The monoisotopic (exact) mass is 484 g/mol. The molecule has 0 aromatic heterocycles. The van der Waals surface area contributed by atoms with Gasteiger partial charge < -0.3 is 9.47 Å². The van der Waals surface area contributed by atoms with Gasteiger partial charge >= 0.3 is 30.1 Å². The second-order valence-electron chi connectivity index (χ2n) is 8.52. The number of hydrogen-bond acceptors (Lipinski definition) is 6. The Morgan fingerprint density at radius 3 is 2.03 bits per heavy atom. The lowest BCUT2D eigenvalue weighted by atomic mass is 9.84. The fraction of sp³-hybridized carbons (Fsp3) is 0.889. The minimum atomic E-state index is -5.47. The first kappa shape index (κ1) is 29.5. The zero-order chi connectivity index (χ0) is 24.8. The number of alkyl halides is 5. The van der Waals surface area contributed by atoms with E-state index >= 15 is 0 Å². The van der Waals surface area contributed by atoms with Crippen molar-refractivity contribution in [2.24, 2.45) is 11.3 Å². The summed E-state index contributed by atoms with van der Waals surface area (Å²) in [5.74, 6) is -13.9. The van der Waals surface area contributed by atoms with Crippen LogP contribution in [-0.4, -0.2) is 55.0 Å². The van der Waals surface area contributed by atoms with Crippen molar-refractivity contribution in [3.63, 3.8) is 0 Å². The van der Waals surface area contributed by atoms with E-state index < -0.39 is 58.4 Å². The molecule has 3 unspecified atom stereocenters. The van der Waals surface area contributed by atoms with Crippen molar-refractivity contribution in [3.8, 4) is 0 Å². The Labute approximate surface area is 178 Å². The molecule has 0 radical (unpaired) electrons. The van der Waals surface area contributed by atoms with E-state index in [-0.39, 0.29) is 17.9 Å². The van der Waals surface area contributed by atoms with Crippen LogP contribution in [0.1, 0.15) is 60.3 Å². The van der Waals surface area contributed by atoms with Gasteiger partial charge in [0.1, 0.15) is 0 Å². The highest BCUT2D eigenvalue weighted by Crippen LogP contribution is 2.41. The van der Waals surface area contributed by atoms with Crippen molar-refractivity contribution in [2.45, 2.75) is 83.8 Å². The molecule has 0 aromatic rings. The molecular weight excluding hydrogens is 455 g/mol. The third-order valence-electron chi connectivity index (χ3n) is 4.25. The summed E-state index contributed by atoms with van der Waals surface area (Å²) in [4.78, 5) is 23.5. The van der Waals surface area contributed by atoms with Gasteiger partial charge in [-0.05, 0) is 24.2 Å². The van der Waals surface area contributed by atoms with Gasteiger partial charge in [0.2, 0.25) is 0 Å². The van der Waals surface area contributed by atoms with Gasteiger partial charge in [-0.25, -0.2) is 0 Å². The van der Waals surface area contributed by atoms with Gasteiger partial charge in [-0.1, -0.05) is 34.6 Å². The van der Waals surface area contributed by atoms with E-state index in [1.165, 1.54) is 0 Å². The van der Waals surface area contributed by atoms with E-state index in [2.05, 4.69) is 4.74 Å². The summed E-state index contributed by atoms with van der Waals surface area (Å²) >= 11 is 0. The number of carbonyl (C=O) groups is 2. The molecule has 0 amide bonds. The summed E-state index contributed by atoms with van der Waals surface area (Å²) < 4.78 is 107. The van der Waals surface area contributed by atoms with Crippen molar-refractivity contribution in [3.05, 3.63) is 0 Å². The maximum Gasteiger partial charge on any atom is 0.375 e. The Hall–Kier alpha value is -1.50. The van der Waals surface area contributed by atoms with E-state index in [4.69, 9.17) is 9.29 Å². The summed E-state index contributed by atoms with van der Waals surface area (Å²) in [6.07, 6.45) is -5.94. The number of carbonyl (C=O) groups excluding carboxylic acids is 2. The minimum Gasteiger partial charge on any atom is -0.466 e. The smallest absolute Gasteiger partial charge is 0.375 e. The topological polar surface area (TPSA) is 107 Å². The number of ether oxygens (including phenoxy) is 2. The zero-order valence-corrected chi connectivity index (χ0v) is 18.8. The van der Waals surface area contributed by atoms with Crippen molar-refractivity contribution >= 4 is 22.1 Å². The van der Waals surface area contributed by atoms with Gasteiger partial charge in [0.15, 0.2) is 5.25 Å². The Morgan fingerprint density at radius 1 is 1.10 bits per heavy atom. The predicted octanol–water partition coefficient (Wildman–Crippen LogP) is 4.16. The molecule has 1 N–H and O–H groups in total. The van der Waals surface area contributed by atoms with E-state index in [9.17, 15) is 40.0 Å². The van der Waals surface area contributed by atoms with Crippen molar-refractivity contribution in [1.82, 2.24) is 0 Å². The van der Waals surface area contributed by atoms with Crippen LogP contribution >= 0.6 is 0 Å². The largest absolute Gasteiger partial charge is 0.466 e. The molecule has 0 saturated heterocycles. The van der Waals surface area contributed by atoms with Gasteiger partial charge in [-0.2, -0.15) is 30.4 Å². The lowest BCUT2D eigenvalue weighted by Crippen LogP contribution is -2.50. The second kappa shape index (κ2) is 10.9. The van der Waals surface area contributed by atoms with Crippen LogP contribution in [0.4, 0.5) is 22.0 Å². The molecule has 0 rings (SSSR count). The Balaban J connectivity index is 5.06. The van der Waals surface area contributed by atoms with Crippen LogP contribution in [0.5, 0.6) is 0 Å². The van der Waals surface area contributed by atoms with E-state index in [0.717, 1.165) is 6.42 Å². The highest BCUT2D eigenvalue weighted by molar-refractivity contribution is 7.87. The summed E-state index contributed by atoms with van der Waals surface area (Å²) in [7, 11) is -5.43. The quantitative estimate of drug-likeness (QED) is 0.252. The lowest BCUT2D eigenvalue weighted by molar-refractivity contribution is -0.287. The maximum atomic E-state index is 13.6. The van der Waals surface area contributed by atoms with Crippen molar-refractivity contribution < 1.29 is 54.0 Å². The summed E-state index contributed by atoms with van der Waals surface area (Å²) in [5, 5.41) is -2.82. The molecule has 13 heteroatoms. The molecular formula is C18H29F5O7S. The van der Waals surface area contributed by atoms with Gasteiger partial charge in [0, 0.05) is 6.42 Å². The Kier molecular flexibility index (Phi) is 10.4. The Bertz CT molecular complexity index is 719. The first-order chi connectivity index (χ1) is 13.7. The lowest BCUT2D eigenvalue weighted by Gasteiger charge is -2.28. The molecule has 0 aliphatic rings. The SMILES string of the molecule is CCC(F)(F)C(F)(F)C(F)OC(=O)C(CC(=O)OCCC(C)CC(C)(C)C)S(=O)(=O)O. The standard InChI is InChI=1S/C18H29F5O7S/c1-6-17(20,21)18(22,23)15(19)30-14(25)12(31(26,27)28)9-13(24)29-8-7-11(2)10-16(3,4)5/h11-12,15H,6-10H2,1-5H3,(H,26,27,28). The van der Waals surface area contributed by atoms with E-state index in [0.29, 0.717) is 13.3 Å². The van der Waals surface area contributed by atoms with Crippen molar-refractivity contribution in [2.75, 3.05) is 6.61 Å². The van der Waals surface area contributed by atoms with Crippen LogP contribution in [0.25, 0.3) is 0 Å².